The Hall–Kier alpha value is -2.39. The molecule has 0 spiro atoms. The molecule has 3 heteroatoms. The van der Waals surface area contributed by atoms with E-state index >= 15 is 0 Å². The van der Waals surface area contributed by atoms with Crippen LogP contribution in [0.4, 0.5) is 0 Å². The van der Waals surface area contributed by atoms with Crippen LogP contribution in [0.25, 0.3) is 17.2 Å². The second-order valence-electron chi connectivity index (χ2n) is 5.79. The number of nitrogens with zero attached hydrogens (tertiary/aromatic N) is 1. The molecule has 0 fully saturated rings. The molecule has 0 amide bonds. The zero-order valence-corrected chi connectivity index (χ0v) is 14.2. The lowest BCUT2D eigenvalue weighted by molar-refractivity contribution is 0.182. The fraction of sp³-hybridized carbons (Fsp3) is 0.286. The molecule has 2 rings (SSSR count). The third kappa shape index (κ3) is 6.01. The molecular formula is C21H25NO2. The van der Waals surface area contributed by atoms with E-state index in [1.807, 2.05) is 25.3 Å². The van der Waals surface area contributed by atoms with E-state index in [0.29, 0.717) is 12.5 Å². The van der Waals surface area contributed by atoms with Crippen molar-refractivity contribution in [3.63, 3.8) is 0 Å². The number of benzene rings is 1. The van der Waals surface area contributed by atoms with Gasteiger partial charge >= 0.3 is 0 Å². The van der Waals surface area contributed by atoms with Gasteiger partial charge in [-0.3, -0.25) is 0 Å². The van der Waals surface area contributed by atoms with Gasteiger partial charge in [-0.1, -0.05) is 49.1 Å². The number of rotatable bonds is 9. The van der Waals surface area contributed by atoms with Crippen LogP contribution in [0.2, 0.25) is 0 Å². The zero-order chi connectivity index (χ0) is 17.2. The van der Waals surface area contributed by atoms with E-state index in [0.717, 1.165) is 30.4 Å². The summed E-state index contributed by atoms with van der Waals surface area (Å²) in [6.07, 6.45) is 10.4. The summed E-state index contributed by atoms with van der Waals surface area (Å²) in [5.41, 5.74) is 3.37. The Morgan fingerprint density at radius 1 is 1.17 bits per heavy atom. The van der Waals surface area contributed by atoms with Gasteiger partial charge in [-0.15, -0.1) is 0 Å². The number of hydrogen-bond donors (Lipinski definition) is 1. The highest BCUT2D eigenvalue weighted by atomic mass is 16.5. The van der Waals surface area contributed by atoms with Gasteiger partial charge in [-0.25, -0.2) is 4.98 Å². The number of pyridine rings is 1. The number of unbranched alkanes of at least 4 members (excludes halogenated alkanes) is 1. The van der Waals surface area contributed by atoms with Crippen molar-refractivity contribution in [2.45, 2.75) is 32.3 Å². The summed E-state index contributed by atoms with van der Waals surface area (Å²) in [6.45, 7) is 5.91. The minimum atomic E-state index is -0.208. The summed E-state index contributed by atoms with van der Waals surface area (Å²) in [6, 6.07) is 12.3. The second-order valence-corrected chi connectivity index (χ2v) is 5.79. The Balaban J connectivity index is 1.91. The van der Waals surface area contributed by atoms with E-state index in [1.54, 1.807) is 6.08 Å². The van der Waals surface area contributed by atoms with Crippen molar-refractivity contribution in [3.05, 3.63) is 66.9 Å². The van der Waals surface area contributed by atoms with E-state index < -0.39 is 0 Å². The fourth-order valence-electron chi connectivity index (χ4n) is 2.32. The Labute approximate surface area is 144 Å². The summed E-state index contributed by atoms with van der Waals surface area (Å²) in [4.78, 5) is 4.29. The van der Waals surface area contributed by atoms with Gasteiger partial charge in [0.25, 0.3) is 0 Å². The molecule has 1 aromatic heterocycles. The van der Waals surface area contributed by atoms with E-state index in [2.05, 4.69) is 48.0 Å². The quantitative estimate of drug-likeness (QED) is 0.528. The van der Waals surface area contributed by atoms with Crippen molar-refractivity contribution in [1.29, 1.82) is 0 Å². The van der Waals surface area contributed by atoms with Crippen LogP contribution in [0, 0.1) is 0 Å². The van der Waals surface area contributed by atoms with Crippen LogP contribution in [0.5, 0.6) is 5.88 Å². The summed E-state index contributed by atoms with van der Waals surface area (Å²) < 4.78 is 5.39. The van der Waals surface area contributed by atoms with Crippen LogP contribution in [-0.2, 0) is 0 Å². The number of allylic oxidation sites excluding steroid dienone is 1. The number of hydrogen-bond acceptors (Lipinski definition) is 3. The SMILES string of the molecule is C=CCOc1ccc(-c2ccc(C=CCCCC(C)O)cc2)cn1. The van der Waals surface area contributed by atoms with Gasteiger partial charge < -0.3 is 9.84 Å². The molecule has 0 bridgehead atoms. The first-order chi connectivity index (χ1) is 11.7. The first-order valence-electron chi connectivity index (χ1n) is 8.34. The first kappa shape index (κ1) is 18.0. The van der Waals surface area contributed by atoms with Crippen molar-refractivity contribution in [3.8, 4) is 17.0 Å². The molecule has 24 heavy (non-hydrogen) atoms. The lowest BCUT2D eigenvalue weighted by Crippen LogP contribution is -1.97. The largest absolute Gasteiger partial charge is 0.473 e. The van der Waals surface area contributed by atoms with Crippen molar-refractivity contribution in [2.75, 3.05) is 6.61 Å². The van der Waals surface area contributed by atoms with E-state index in [1.165, 1.54) is 5.56 Å². The van der Waals surface area contributed by atoms with Gasteiger partial charge in [-0.2, -0.15) is 0 Å². The topological polar surface area (TPSA) is 42.4 Å². The van der Waals surface area contributed by atoms with Crippen LogP contribution in [0.3, 0.4) is 0 Å². The minimum absolute atomic E-state index is 0.208. The number of aromatic nitrogens is 1. The summed E-state index contributed by atoms with van der Waals surface area (Å²) >= 11 is 0. The zero-order valence-electron chi connectivity index (χ0n) is 14.2. The average molecular weight is 323 g/mol. The maximum absolute atomic E-state index is 9.23. The smallest absolute Gasteiger partial charge is 0.213 e. The van der Waals surface area contributed by atoms with Crippen LogP contribution in [0.1, 0.15) is 31.7 Å². The van der Waals surface area contributed by atoms with Gasteiger partial charge in [0, 0.05) is 17.8 Å². The van der Waals surface area contributed by atoms with Gasteiger partial charge in [0.15, 0.2) is 0 Å². The summed E-state index contributed by atoms with van der Waals surface area (Å²) in [7, 11) is 0. The monoisotopic (exact) mass is 323 g/mol. The van der Waals surface area contributed by atoms with Crippen LogP contribution in [-0.4, -0.2) is 22.8 Å². The maximum Gasteiger partial charge on any atom is 0.213 e. The van der Waals surface area contributed by atoms with Crippen LogP contribution < -0.4 is 4.74 Å². The van der Waals surface area contributed by atoms with E-state index in [9.17, 15) is 5.11 Å². The van der Waals surface area contributed by atoms with Crippen molar-refractivity contribution in [2.24, 2.45) is 0 Å². The van der Waals surface area contributed by atoms with Gasteiger partial charge in [0.2, 0.25) is 5.88 Å². The third-order valence-electron chi connectivity index (χ3n) is 3.63. The molecule has 1 heterocycles. The van der Waals surface area contributed by atoms with Crippen molar-refractivity contribution < 1.29 is 9.84 Å². The number of aliphatic hydroxyl groups is 1. The third-order valence-corrected chi connectivity index (χ3v) is 3.63. The molecule has 1 unspecified atom stereocenters. The molecule has 0 aliphatic heterocycles. The van der Waals surface area contributed by atoms with Crippen molar-refractivity contribution >= 4 is 6.08 Å². The lowest BCUT2D eigenvalue weighted by atomic mass is 10.1. The minimum Gasteiger partial charge on any atom is -0.473 e. The Bertz CT molecular complexity index is 643. The normalized spacial score (nSPS) is 12.2. The molecule has 0 saturated carbocycles. The summed E-state index contributed by atoms with van der Waals surface area (Å²) in [5, 5.41) is 9.23. The Morgan fingerprint density at radius 3 is 2.54 bits per heavy atom. The molecule has 0 aliphatic carbocycles. The molecule has 3 nitrogen and oxygen atoms in total. The Kier molecular flexibility index (Phi) is 7.24. The molecule has 0 radical (unpaired) electrons. The van der Waals surface area contributed by atoms with E-state index in [-0.39, 0.29) is 6.10 Å². The van der Waals surface area contributed by atoms with Gasteiger partial charge in [-0.05, 0) is 43.4 Å². The molecule has 126 valence electrons. The predicted octanol–water partition coefficient (Wildman–Crippen LogP) is 4.88. The number of ether oxygens (including phenoxy) is 1. The highest BCUT2D eigenvalue weighted by molar-refractivity contribution is 5.65. The summed E-state index contributed by atoms with van der Waals surface area (Å²) in [5.74, 6) is 0.607. The Morgan fingerprint density at radius 2 is 1.92 bits per heavy atom. The van der Waals surface area contributed by atoms with Crippen molar-refractivity contribution in [1.82, 2.24) is 4.98 Å². The molecular weight excluding hydrogens is 298 g/mol. The fourth-order valence-corrected chi connectivity index (χ4v) is 2.32. The highest BCUT2D eigenvalue weighted by Crippen LogP contribution is 2.21. The van der Waals surface area contributed by atoms with E-state index in [4.69, 9.17) is 4.74 Å². The van der Waals surface area contributed by atoms with Gasteiger partial charge in [0.05, 0.1) is 6.10 Å². The molecule has 0 saturated heterocycles. The molecule has 2 aromatic rings. The molecule has 1 aromatic carbocycles. The van der Waals surface area contributed by atoms with Gasteiger partial charge in [0.1, 0.15) is 6.61 Å². The molecule has 1 atom stereocenters. The molecule has 0 aliphatic rings. The maximum atomic E-state index is 9.23. The molecule has 1 N–H and O–H groups in total. The van der Waals surface area contributed by atoms with Crippen LogP contribution in [0.15, 0.2) is 61.3 Å². The predicted molar refractivity (Wildman–Crippen MR) is 99.9 cm³/mol. The highest BCUT2D eigenvalue weighted by Gasteiger charge is 2.00. The second kappa shape index (κ2) is 9.68. The van der Waals surface area contributed by atoms with Crippen LogP contribution >= 0.6 is 0 Å². The average Bonchev–Trinajstić information content (AvgIpc) is 2.60. The standard InChI is InChI=1S/C21H25NO2/c1-3-15-24-21-14-13-20(16-22-21)19-11-9-18(10-12-19)8-6-4-5-7-17(2)23/h3,6,8-14,16-17,23H,1,4-5,7,15H2,2H3. The lowest BCUT2D eigenvalue weighted by Gasteiger charge is -2.05. The number of aliphatic hydroxyl groups excluding tert-OH is 1. The first-order valence-corrected chi connectivity index (χ1v) is 8.34.